The van der Waals surface area contributed by atoms with Crippen LogP contribution < -0.4 is 10.1 Å². The summed E-state index contributed by atoms with van der Waals surface area (Å²) in [6.07, 6.45) is 4.10. The van der Waals surface area contributed by atoms with Crippen LogP contribution in [-0.4, -0.2) is 56.8 Å². The number of halogens is 3. The summed E-state index contributed by atoms with van der Waals surface area (Å²) in [5.74, 6) is 0.476. The molecule has 1 amide bonds. The average molecular weight is 587 g/mol. The maximum absolute atomic E-state index is 13.8. The third-order valence-corrected chi connectivity index (χ3v) is 7.45. The van der Waals surface area contributed by atoms with E-state index in [0.29, 0.717) is 12.3 Å². The van der Waals surface area contributed by atoms with Gasteiger partial charge in [-0.3, -0.25) is 14.7 Å². The van der Waals surface area contributed by atoms with E-state index in [-0.39, 0.29) is 22.6 Å². The highest BCUT2D eigenvalue weighted by molar-refractivity contribution is 6.10. The first kappa shape index (κ1) is 28.4. The minimum Gasteiger partial charge on any atom is -0.492 e. The lowest BCUT2D eigenvalue weighted by molar-refractivity contribution is -0.137. The number of amides is 1. The van der Waals surface area contributed by atoms with Crippen LogP contribution in [0.15, 0.2) is 85.5 Å². The molecular weight excluding hydrogens is 557 g/mol. The Morgan fingerprint density at radius 1 is 0.930 bits per heavy atom. The number of fused-ring (bicyclic) bond motifs is 1. The monoisotopic (exact) mass is 586 g/mol. The predicted octanol–water partition coefficient (Wildman–Crippen LogP) is 6.62. The Bertz CT molecular complexity index is 1720. The van der Waals surface area contributed by atoms with E-state index >= 15 is 0 Å². The third-order valence-electron chi connectivity index (χ3n) is 7.45. The molecule has 0 saturated carbocycles. The third kappa shape index (κ3) is 6.36. The molecule has 4 heterocycles. The zero-order chi connectivity index (χ0) is 29.8. The van der Waals surface area contributed by atoms with Crippen LogP contribution in [0.25, 0.3) is 27.8 Å². The van der Waals surface area contributed by atoms with Gasteiger partial charge in [0.05, 0.1) is 5.56 Å². The van der Waals surface area contributed by atoms with Crippen molar-refractivity contribution in [3.05, 3.63) is 96.6 Å². The fourth-order valence-corrected chi connectivity index (χ4v) is 5.24. The van der Waals surface area contributed by atoms with E-state index < -0.39 is 17.6 Å². The highest BCUT2D eigenvalue weighted by atomic mass is 19.4. The lowest BCUT2D eigenvalue weighted by Gasteiger charge is -2.26. The second-order valence-electron chi connectivity index (χ2n) is 10.3. The SMILES string of the molecule is O=C(Nc1ccc(OCCN2CCCCC2)c2ccccc12)c1ccc(-n2cc(C(F)(F)F)c(-c3cccnc3)n2)nc1. The Hall–Kier alpha value is -4.77. The number of aromatic nitrogens is 4. The number of nitrogens with zero attached hydrogens (tertiary/aromatic N) is 5. The van der Waals surface area contributed by atoms with Crippen LogP contribution in [0.3, 0.4) is 0 Å². The van der Waals surface area contributed by atoms with Crippen molar-refractivity contribution in [2.75, 3.05) is 31.6 Å². The standard InChI is InChI=1S/C32H29F3N6O2/c33-32(34,35)26-21-41(39-30(26)22-7-6-14-36-19-22)29-13-10-23(20-37-29)31(42)38-27-11-12-28(25-9-3-2-8-24(25)27)43-18-17-40-15-4-1-5-16-40/h2-3,6-14,19-21H,1,4-5,15-18H2,(H,38,42). The maximum Gasteiger partial charge on any atom is 0.420 e. The second kappa shape index (κ2) is 12.2. The van der Waals surface area contributed by atoms with E-state index in [0.717, 1.165) is 47.0 Å². The number of pyridine rings is 2. The van der Waals surface area contributed by atoms with Gasteiger partial charge >= 0.3 is 6.18 Å². The lowest BCUT2D eigenvalue weighted by atomic mass is 10.1. The number of anilines is 1. The summed E-state index contributed by atoms with van der Waals surface area (Å²) >= 11 is 0. The summed E-state index contributed by atoms with van der Waals surface area (Å²) < 4.78 is 48.5. The van der Waals surface area contributed by atoms with E-state index in [1.807, 2.05) is 30.3 Å². The number of carbonyl (C=O) groups excluding carboxylic acids is 1. The molecule has 0 spiro atoms. The molecule has 6 rings (SSSR count). The van der Waals surface area contributed by atoms with E-state index in [4.69, 9.17) is 4.74 Å². The van der Waals surface area contributed by atoms with E-state index in [1.54, 1.807) is 12.1 Å². The molecule has 2 aromatic carbocycles. The molecule has 3 aromatic heterocycles. The summed E-state index contributed by atoms with van der Waals surface area (Å²) in [5, 5.41) is 8.77. The van der Waals surface area contributed by atoms with E-state index in [1.165, 1.54) is 56.1 Å². The molecule has 11 heteroatoms. The van der Waals surface area contributed by atoms with Gasteiger partial charge in [0.1, 0.15) is 23.6 Å². The molecule has 1 fully saturated rings. The molecule has 43 heavy (non-hydrogen) atoms. The number of benzene rings is 2. The van der Waals surface area contributed by atoms with Gasteiger partial charge in [-0.1, -0.05) is 30.7 Å². The summed E-state index contributed by atoms with van der Waals surface area (Å²) in [6.45, 7) is 3.66. The van der Waals surface area contributed by atoms with Crippen LogP contribution in [0.1, 0.15) is 35.2 Å². The number of ether oxygens (including phenoxy) is 1. The summed E-state index contributed by atoms with van der Waals surface area (Å²) in [6, 6.07) is 17.3. The Morgan fingerprint density at radius 2 is 1.74 bits per heavy atom. The first-order chi connectivity index (χ1) is 20.9. The largest absolute Gasteiger partial charge is 0.492 e. The molecule has 1 aliphatic rings. The molecule has 0 aliphatic carbocycles. The van der Waals surface area contributed by atoms with Crippen LogP contribution in [0, 0.1) is 0 Å². The topological polar surface area (TPSA) is 85.2 Å². The second-order valence-corrected chi connectivity index (χ2v) is 10.3. The molecule has 0 bridgehead atoms. The molecular formula is C32H29F3N6O2. The number of rotatable bonds is 8. The van der Waals surface area contributed by atoms with E-state index in [2.05, 4.69) is 25.3 Å². The number of piperidine rings is 1. The van der Waals surface area contributed by atoms with Gasteiger partial charge in [-0.05, 0) is 62.3 Å². The molecule has 1 aliphatic heterocycles. The summed E-state index contributed by atoms with van der Waals surface area (Å²) in [4.78, 5) is 23.7. The zero-order valence-electron chi connectivity index (χ0n) is 23.2. The smallest absolute Gasteiger partial charge is 0.420 e. The van der Waals surface area contributed by atoms with Gasteiger partial charge in [0.2, 0.25) is 0 Å². The quantitative estimate of drug-likeness (QED) is 0.220. The van der Waals surface area contributed by atoms with Crippen LogP contribution in [-0.2, 0) is 6.18 Å². The highest BCUT2D eigenvalue weighted by Gasteiger charge is 2.37. The summed E-state index contributed by atoms with van der Waals surface area (Å²) in [5.41, 5.74) is -0.0819. The normalized spacial score (nSPS) is 14.1. The molecule has 8 nitrogen and oxygen atoms in total. The first-order valence-electron chi connectivity index (χ1n) is 14.1. The van der Waals surface area contributed by atoms with Gasteiger partial charge in [-0.2, -0.15) is 18.3 Å². The van der Waals surface area contributed by atoms with Crippen molar-refractivity contribution >= 4 is 22.4 Å². The van der Waals surface area contributed by atoms with Crippen molar-refractivity contribution in [2.45, 2.75) is 25.4 Å². The fraction of sp³-hybridized carbons (Fsp3) is 0.250. The Morgan fingerprint density at radius 3 is 2.47 bits per heavy atom. The van der Waals surface area contributed by atoms with Crippen molar-refractivity contribution in [3.8, 4) is 22.8 Å². The van der Waals surface area contributed by atoms with Gasteiger partial charge in [-0.25, -0.2) is 9.67 Å². The average Bonchev–Trinajstić information content (AvgIpc) is 3.50. The van der Waals surface area contributed by atoms with Gasteiger partial charge in [0.15, 0.2) is 5.82 Å². The molecule has 0 radical (unpaired) electrons. The Labute approximate surface area is 246 Å². The fourth-order valence-electron chi connectivity index (χ4n) is 5.24. The number of nitrogens with one attached hydrogen (secondary N) is 1. The number of hydrogen-bond acceptors (Lipinski definition) is 6. The van der Waals surface area contributed by atoms with Crippen LogP contribution >= 0.6 is 0 Å². The number of alkyl halides is 3. The minimum absolute atomic E-state index is 0.133. The van der Waals surface area contributed by atoms with Crippen molar-refractivity contribution in [1.29, 1.82) is 0 Å². The van der Waals surface area contributed by atoms with Crippen molar-refractivity contribution in [1.82, 2.24) is 24.6 Å². The van der Waals surface area contributed by atoms with Gasteiger partial charge < -0.3 is 10.1 Å². The summed E-state index contributed by atoms with van der Waals surface area (Å²) in [7, 11) is 0. The van der Waals surface area contributed by atoms with Crippen molar-refractivity contribution < 1.29 is 22.7 Å². The zero-order valence-corrected chi connectivity index (χ0v) is 23.2. The highest BCUT2D eigenvalue weighted by Crippen LogP contribution is 2.37. The van der Waals surface area contributed by atoms with E-state index in [9.17, 15) is 18.0 Å². The van der Waals surface area contributed by atoms with Gasteiger partial charge in [-0.15, -0.1) is 0 Å². The molecule has 220 valence electrons. The Balaban J connectivity index is 1.18. The van der Waals surface area contributed by atoms with Crippen molar-refractivity contribution in [2.24, 2.45) is 0 Å². The van der Waals surface area contributed by atoms with Gasteiger partial charge in [0.25, 0.3) is 5.91 Å². The molecule has 0 unspecified atom stereocenters. The van der Waals surface area contributed by atoms with Gasteiger partial charge in [0, 0.05) is 53.4 Å². The number of hydrogen-bond donors (Lipinski definition) is 1. The Kier molecular flexibility index (Phi) is 8.06. The van der Waals surface area contributed by atoms with Crippen LogP contribution in [0.5, 0.6) is 5.75 Å². The lowest BCUT2D eigenvalue weighted by Crippen LogP contribution is -2.33. The van der Waals surface area contributed by atoms with Crippen LogP contribution in [0.2, 0.25) is 0 Å². The maximum atomic E-state index is 13.8. The number of carbonyl (C=O) groups is 1. The van der Waals surface area contributed by atoms with Crippen molar-refractivity contribution in [3.63, 3.8) is 0 Å². The molecule has 0 atom stereocenters. The molecule has 5 aromatic rings. The molecule has 1 N–H and O–H groups in total. The molecule has 1 saturated heterocycles. The number of likely N-dealkylation sites (tertiary alicyclic amines) is 1. The minimum atomic E-state index is -4.63. The van der Waals surface area contributed by atoms with Crippen LogP contribution in [0.4, 0.5) is 18.9 Å². The first-order valence-corrected chi connectivity index (χ1v) is 14.1. The predicted molar refractivity (Wildman–Crippen MR) is 157 cm³/mol.